The van der Waals surface area contributed by atoms with E-state index in [0.717, 1.165) is 58.5 Å². The standard InChI is InChI=1S/C15H28N2O3/c1-13(12-17-6-8-20-9-7-17)11-16-14(18)10-15(19)4-2-3-5-15/h13,19H,2-12H2,1H3,(H,16,18). The Balaban J connectivity index is 1.62. The zero-order valence-corrected chi connectivity index (χ0v) is 12.6. The number of aliphatic hydroxyl groups is 1. The number of rotatable bonds is 6. The molecule has 0 radical (unpaired) electrons. The summed E-state index contributed by atoms with van der Waals surface area (Å²) in [4.78, 5) is 14.3. The van der Waals surface area contributed by atoms with Crippen molar-refractivity contribution in [1.29, 1.82) is 0 Å². The highest BCUT2D eigenvalue weighted by Crippen LogP contribution is 2.32. The molecule has 5 heteroatoms. The summed E-state index contributed by atoms with van der Waals surface area (Å²) in [5, 5.41) is 13.2. The third kappa shape index (κ3) is 5.04. The fraction of sp³-hybridized carbons (Fsp3) is 0.933. The maximum atomic E-state index is 11.9. The van der Waals surface area contributed by atoms with Gasteiger partial charge in [-0.3, -0.25) is 9.69 Å². The molecule has 1 aliphatic carbocycles. The molecule has 2 N–H and O–H groups in total. The highest BCUT2D eigenvalue weighted by molar-refractivity contribution is 5.77. The molecule has 1 saturated carbocycles. The molecule has 116 valence electrons. The smallest absolute Gasteiger partial charge is 0.222 e. The van der Waals surface area contributed by atoms with E-state index in [1.165, 1.54) is 0 Å². The molecule has 2 aliphatic rings. The van der Waals surface area contributed by atoms with E-state index in [-0.39, 0.29) is 12.3 Å². The molecule has 0 spiro atoms. The van der Waals surface area contributed by atoms with Gasteiger partial charge in [0, 0.05) is 26.2 Å². The van der Waals surface area contributed by atoms with Gasteiger partial charge in [-0.05, 0) is 18.8 Å². The minimum absolute atomic E-state index is 0.0109. The van der Waals surface area contributed by atoms with Gasteiger partial charge >= 0.3 is 0 Å². The number of morpholine rings is 1. The molecule has 1 aliphatic heterocycles. The van der Waals surface area contributed by atoms with Gasteiger partial charge in [0.1, 0.15) is 0 Å². The second-order valence-corrected chi connectivity index (χ2v) is 6.43. The molecule has 2 rings (SSSR count). The molecular formula is C15H28N2O3. The van der Waals surface area contributed by atoms with Crippen LogP contribution in [0.4, 0.5) is 0 Å². The fourth-order valence-electron chi connectivity index (χ4n) is 3.15. The highest BCUT2D eigenvalue weighted by Gasteiger charge is 2.33. The van der Waals surface area contributed by atoms with Crippen molar-refractivity contribution >= 4 is 5.91 Å². The van der Waals surface area contributed by atoms with Gasteiger partial charge in [0.2, 0.25) is 5.91 Å². The van der Waals surface area contributed by atoms with Crippen LogP contribution in [0, 0.1) is 5.92 Å². The molecule has 1 atom stereocenters. The largest absolute Gasteiger partial charge is 0.389 e. The summed E-state index contributed by atoms with van der Waals surface area (Å²) in [7, 11) is 0. The topological polar surface area (TPSA) is 61.8 Å². The number of hydrogen-bond donors (Lipinski definition) is 2. The van der Waals surface area contributed by atoms with Crippen molar-refractivity contribution in [2.24, 2.45) is 5.92 Å². The second kappa shape index (κ2) is 7.38. The Morgan fingerprint density at radius 2 is 2.00 bits per heavy atom. The number of amides is 1. The van der Waals surface area contributed by atoms with Crippen LogP contribution in [0.3, 0.4) is 0 Å². The predicted molar refractivity (Wildman–Crippen MR) is 77.5 cm³/mol. The first-order valence-electron chi connectivity index (χ1n) is 7.87. The zero-order chi connectivity index (χ0) is 14.4. The maximum absolute atomic E-state index is 11.9. The molecule has 0 bridgehead atoms. The predicted octanol–water partition coefficient (Wildman–Crippen LogP) is 0.766. The quantitative estimate of drug-likeness (QED) is 0.756. The van der Waals surface area contributed by atoms with E-state index in [4.69, 9.17) is 4.74 Å². The summed E-state index contributed by atoms with van der Waals surface area (Å²) in [5.74, 6) is 0.415. The van der Waals surface area contributed by atoms with Gasteiger partial charge in [-0.1, -0.05) is 19.8 Å². The van der Waals surface area contributed by atoms with Gasteiger partial charge in [-0.2, -0.15) is 0 Å². The van der Waals surface area contributed by atoms with Gasteiger partial charge in [0.15, 0.2) is 0 Å². The van der Waals surface area contributed by atoms with Crippen molar-refractivity contribution in [2.45, 2.75) is 44.6 Å². The van der Waals surface area contributed by atoms with Crippen molar-refractivity contribution in [3.8, 4) is 0 Å². The summed E-state index contributed by atoms with van der Waals surface area (Å²) >= 11 is 0. The van der Waals surface area contributed by atoms with Gasteiger partial charge < -0.3 is 15.2 Å². The molecule has 0 aromatic heterocycles. The Bertz CT molecular complexity index is 310. The Morgan fingerprint density at radius 3 is 2.65 bits per heavy atom. The average Bonchev–Trinajstić information content (AvgIpc) is 2.84. The summed E-state index contributed by atoms with van der Waals surface area (Å²) in [6, 6.07) is 0. The lowest BCUT2D eigenvalue weighted by molar-refractivity contribution is -0.126. The Kier molecular flexibility index (Phi) is 5.81. The van der Waals surface area contributed by atoms with Crippen LogP contribution in [-0.4, -0.2) is 60.9 Å². The monoisotopic (exact) mass is 284 g/mol. The fourth-order valence-corrected chi connectivity index (χ4v) is 3.15. The maximum Gasteiger partial charge on any atom is 0.222 e. The molecule has 0 aromatic carbocycles. The van der Waals surface area contributed by atoms with E-state index in [2.05, 4.69) is 17.1 Å². The van der Waals surface area contributed by atoms with Gasteiger partial charge in [-0.15, -0.1) is 0 Å². The lowest BCUT2D eigenvalue weighted by Crippen LogP contribution is -2.42. The Morgan fingerprint density at radius 1 is 1.35 bits per heavy atom. The zero-order valence-electron chi connectivity index (χ0n) is 12.6. The molecule has 1 unspecified atom stereocenters. The van der Waals surface area contributed by atoms with E-state index < -0.39 is 5.60 Å². The number of nitrogens with zero attached hydrogens (tertiary/aromatic N) is 1. The third-order valence-electron chi connectivity index (χ3n) is 4.35. The number of carbonyl (C=O) groups excluding carboxylic acids is 1. The Labute approximate surface area is 121 Å². The number of nitrogens with one attached hydrogen (secondary N) is 1. The lowest BCUT2D eigenvalue weighted by Gasteiger charge is -2.29. The molecule has 0 aromatic rings. The van der Waals surface area contributed by atoms with Crippen LogP contribution in [0.1, 0.15) is 39.0 Å². The summed E-state index contributed by atoms with van der Waals surface area (Å²) in [6.07, 6.45) is 3.87. The minimum Gasteiger partial charge on any atom is -0.389 e. The summed E-state index contributed by atoms with van der Waals surface area (Å²) < 4.78 is 5.33. The Hall–Kier alpha value is -0.650. The van der Waals surface area contributed by atoms with Gasteiger partial charge in [0.05, 0.1) is 25.2 Å². The van der Waals surface area contributed by atoms with Crippen LogP contribution in [0.15, 0.2) is 0 Å². The van der Waals surface area contributed by atoms with Crippen LogP contribution >= 0.6 is 0 Å². The van der Waals surface area contributed by atoms with E-state index in [1.807, 2.05) is 0 Å². The summed E-state index contributed by atoms with van der Waals surface area (Å²) in [6.45, 7) is 7.43. The van der Waals surface area contributed by atoms with Crippen LogP contribution < -0.4 is 5.32 Å². The molecule has 5 nitrogen and oxygen atoms in total. The molecule has 1 amide bonds. The third-order valence-corrected chi connectivity index (χ3v) is 4.35. The van der Waals surface area contributed by atoms with Gasteiger partial charge in [0.25, 0.3) is 0 Å². The highest BCUT2D eigenvalue weighted by atomic mass is 16.5. The number of hydrogen-bond acceptors (Lipinski definition) is 4. The van der Waals surface area contributed by atoms with Crippen LogP contribution in [-0.2, 0) is 9.53 Å². The average molecular weight is 284 g/mol. The molecule has 2 fully saturated rings. The van der Waals surface area contributed by atoms with Gasteiger partial charge in [-0.25, -0.2) is 0 Å². The van der Waals surface area contributed by atoms with Crippen molar-refractivity contribution in [1.82, 2.24) is 10.2 Å². The summed E-state index contributed by atoms with van der Waals surface area (Å²) in [5.41, 5.74) is -0.739. The second-order valence-electron chi connectivity index (χ2n) is 6.43. The first-order chi connectivity index (χ1) is 9.57. The van der Waals surface area contributed by atoms with Crippen molar-refractivity contribution in [2.75, 3.05) is 39.4 Å². The number of ether oxygens (including phenoxy) is 1. The molecule has 1 heterocycles. The first kappa shape index (κ1) is 15.7. The van der Waals surface area contributed by atoms with Crippen molar-refractivity contribution in [3.05, 3.63) is 0 Å². The minimum atomic E-state index is -0.739. The van der Waals surface area contributed by atoms with Crippen LogP contribution in [0.5, 0.6) is 0 Å². The normalized spacial score (nSPS) is 24.5. The number of carbonyl (C=O) groups is 1. The first-order valence-corrected chi connectivity index (χ1v) is 7.87. The van der Waals surface area contributed by atoms with E-state index in [9.17, 15) is 9.90 Å². The van der Waals surface area contributed by atoms with Crippen molar-refractivity contribution < 1.29 is 14.6 Å². The van der Waals surface area contributed by atoms with Crippen LogP contribution in [0.25, 0.3) is 0 Å². The van der Waals surface area contributed by atoms with Crippen molar-refractivity contribution in [3.63, 3.8) is 0 Å². The van der Waals surface area contributed by atoms with E-state index in [0.29, 0.717) is 12.5 Å². The van der Waals surface area contributed by atoms with E-state index >= 15 is 0 Å². The lowest BCUT2D eigenvalue weighted by atomic mass is 9.97. The molecule has 20 heavy (non-hydrogen) atoms. The van der Waals surface area contributed by atoms with E-state index in [1.54, 1.807) is 0 Å². The van der Waals surface area contributed by atoms with Crippen LogP contribution in [0.2, 0.25) is 0 Å². The molecular weight excluding hydrogens is 256 g/mol. The SMILES string of the molecule is CC(CNC(=O)CC1(O)CCCC1)CN1CCOCC1. The molecule has 1 saturated heterocycles.